The minimum Gasteiger partial charge on any atom is -0.477 e. The largest absolute Gasteiger partial charge is 0.477 e. The minimum absolute atomic E-state index is 0.00979. The molecule has 6 heteroatoms. The highest BCUT2D eigenvalue weighted by molar-refractivity contribution is 5.99. The van der Waals surface area contributed by atoms with E-state index in [1.807, 2.05) is 18.2 Å². The van der Waals surface area contributed by atoms with E-state index in [9.17, 15) is 15.0 Å². The molecule has 0 bridgehead atoms. The Hall–Kier alpha value is -2.34. The number of nitrogens with one attached hydrogen (secondary N) is 1. The smallest absolute Gasteiger partial charge is 0.343 e. The number of nitrogens with zero attached hydrogens (tertiary/aromatic N) is 1. The third-order valence-corrected chi connectivity index (χ3v) is 3.93. The Morgan fingerprint density at radius 1 is 1.27 bits per heavy atom. The molecular weight excluding hydrogens is 284 g/mol. The van der Waals surface area contributed by atoms with Crippen LogP contribution in [-0.2, 0) is 0 Å². The molecule has 1 fully saturated rings. The number of hydrogen-bond donors (Lipinski definition) is 3. The number of hydrogen-bond acceptors (Lipinski definition) is 5. The average molecular weight is 302 g/mol. The molecular formula is C16H18N2O4. The van der Waals surface area contributed by atoms with Crippen molar-refractivity contribution in [3.63, 3.8) is 0 Å². The number of rotatable bonds is 4. The van der Waals surface area contributed by atoms with E-state index < -0.39 is 5.97 Å². The van der Waals surface area contributed by atoms with Crippen LogP contribution in [0.3, 0.4) is 0 Å². The van der Waals surface area contributed by atoms with Crippen LogP contribution in [-0.4, -0.2) is 33.5 Å². The molecule has 0 spiro atoms. The Morgan fingerprint density at radius 2 is 2.05 bits per heavy atom. The van der Waals surface area contributed by atoms with Gasteiger partial charge >= 0.3 is 5.97 Å². The van der Waals surface area contributed by atoms with Gasteiger partial charge in [0.2, 0.25) is 0 Å². The molecule has 3 rings (SSSR count). The predicted molar refractivity (Wildman–Crippen MR) is 80.8 cm³/mol. The molecule has 0 unspecified atom stereocenters. The van der Waals surface area contributed by atoms with Crippen LogP contribution in [0.2, 0.25) is 0 Å². The van der Waals surface area contributed by atoms with Gasteiger partial charge in [-0.2, -0.15) is 0 Å². The third-order valence-electron chi connectivity index (χ3n) is 3.93. The fraction of sp³-hybridized carbons (Fsp3) is 0.375. The normalized spacial score (nSPS) is 21.5. The lowest BCUT2D eigenvalue weighted by Crippen LogP contribution is -2.30. The van der Waals surface area contributed by atoms with E-state index in [4.69, 9.17) is 4.52 Å². The fourth-order valence-corrected chi connectivity index (χ4v) is 2.86. The first-order chi connectivity index (χ1) is 10.6. The molecule has 1 saturated carbocycles. The van der Waals surface area contributed by atoms with Gasteiger partial charge in [0.15, 0.2) is 17.1 Å². The van der Waals surface area contributed by atoms with Gasteiger partial charge in [0.25, 0.3) is 0 Å². The summed E-state index contributed by atoms with van der Waals surface area (Å²) in [5.74, 6) is -0.614. The number of aromatic nitrogens is 1. The van der Waals surface area contributed by atoms with Crippen LogP contribution in [0, 0.1) is 0 Å². The minimum atomic E-state index is -1.08. The Labute approximate surface area is 127 Å². The standard InChI is InChI=1S/C16H18N2O4/c19-12-8-4-7-11(9-12)17-15-13(16(20)21)14(22-18-15)10-5-2-1-3-6-10/h1-3,5-6,11-12,19H,4,7-9H2,(H,17,18)(H,20,21)/t11-,12-/m1/s1. The summed E-state index contributed by atoms with van der Waals surface area (Å²) in [5.41, 5.74) is 0.704. The van der Waals surface area contributed by atoms with Crippen molar-refractivity contribution >= 4 is 11.8 Å². The molecule has 1 aromatic heterocycles. The van der Waals surface area contributed by atoms with Crippen molar-refractivity contribution in [1.82, 2.24) is 5.16 Å². The number of carboxylic acid groups (broad SMARTS) is 1. The van der Waals surface area contributed by atoms with E-state index in [0.717, 1.165) is 19.3 Å². The van der Waals surface area contributed by atoms with Crippen LogP contribution >= 0.6 is 0 Å². The first-order valence-corrected chi connectivity index (χ1v) is 7.38. The number of anilines is 1. The first-order valence-electron chi connectivity index (χ1n) is 7.38. The van der Waals surface area contributed by atoms with E-state index >= 15 is 0 Å². The van der Waals surface area contributed by atoms with E-state index in [-0.39, 0.29) is 29.3 Å². The summed E-state index contributed by atoms with van der Waals surface area (Å²) in [6, 6.07) is 9.04. The van der Waals surface area contributed by atoms with Gasteiger partial charge in [0.05, 0.1) is 6.10 Å². The van der Waals surface area contributed by atoms with Gasteiger partial charge in [0, 0.05) is 11.6 Å². The van der Waals surface area contributed by atoms with Gasteiger partial charge in [-0.15, -0.1) is 0 Å². The van der Waals surface area contributed by atoms with Crippen LogP contribution in [0.4, 0.5) is 5.82 Å². The summed E-state index contributed by atoms with van der Waals surface area (Å²) in [7, 11) is 0. The first kappa shape index (κ1) is 14.6. The van der Waals surface area contributed by atoms with Gasteiger partial charge in [-0.3, -0.25) is 0 Å². The summed E-state index contributed by atoms with van der Waals surface area (Å²) in [6.07, 6.45) is 2.82. The molecule has 0 saturated heterocycles. The van der Waals surface area contributed by atoms with Gasteiger partial charge < -0.3 is 20.1 Å². The summed E-state index contributed by atoms with van der Waals surface area (Å²) in [5, 5.41) is 26.2. The topological polar surface area (TPSA) is 95.6 Å². The van der Waals surface area contributed by atoms with Crippen molar-refractivity contribution in [2.45, 2.75) is 37.8 Å². The number of aromatic carboxylic acids is 1. The highest BCUT2D eigenvalue weighted by Gasteiger charge is 2.27. The number of aliphatic hydroxyl groups is 1. The molecule has 0 amide bonds. The molecule has 0 aliphatic heterocycles. The summed E-state index contributed by atoms with van der Waals surface area (Å²) in [4.78, 5) is 11.6. The lowest BCUT2D eigenvalue weighted by Gasteiger charge is -2.26. The van der Waals surface area contributed by atoms with E-state index in [2.05, 4.69) is 10.5 Å². The maximum absolute atomic E-state index is 11.6. The molecule has 2 aromatic rings. The third kappa shape index (κ3) is 2.96. The maximum atomic E-state index is 11.6. The average Bonchev–Trinajstić information content (AvgIpc) is 2.92. The number of benzene rings is 1. The molecule has 1 heterocycles. The monoisotopic (exact) mass is 302 g/mol. The number of carboxylic acids is 1. The van der Waals surface area contributed by atoms with Crippen LogP contribution in [0.5, 0.6) is 0 Å². The second kappa shape index (κ2) is 6.19. The second-order valence-corrected chi connectivity index (χ2v) is 5.57. The highest BCUT2D eigenvalue weighted by Crippen LogP contribution is 2.31. The predicted octanol–water partition coefficient (Wildman–Crippen LogP) is 2.76. The quantitative estimate of drug-likeness (QED) is 0.803. The molecule has 6 nitrogen and oxygen atoms in total. The van der Waals surface area contributed by atoms with Crippen molar-refractivity contribution in [3.8, 4) is 11.3 Å². The van der Waals surface area contributed by atoms with Crippen molar-refractivity contribution in [2.75, 3.05) is 5.32 Å². The molecule has 22 heavy (non-hydrogen) atoms. The van der Waals surface area contributed by atoms with Crippen molar-refractivity contribution in [3.05, 3.63) is 35.9 Å². The molecule has 1 aromatic carbocycles. The van der Waals surface area contributed by atoms with Crippen LogP contribution < -0.4 is 5.32 Å². The lowest BCUT2D eigenvalue weighted by atomic mass is 9.93. The Kier molecular flexibility index (Phi) is 4.11. The van der Waals surface area contributed by atoms with E-state index in [1.165, 1.54) is 0 Å². The Morgan fingerprint density at radius 3 is 2.73 bits per heavy atom. The van der Waals surface area contributed by atoms with Gasteiger partial charge in [0.1, 0.15) is 0 Å². The second-order valence-electron chi connectivity index (χ2n) is 5.57. The zero-order valence-corrected chi connectivity index (χ0v) is 12.0. The van der Waals surface area contributed by atoms with Gasteiger partial charge in [-0.1, -0.05) is 35.5 Å². The van der Waals surface area contributed by atoms with Crippen LogP contribution in [0.25, 0.3) is 11.3 Å². The van der Waals surface area contributed by atoms with Crippen molar-refractivity contribution < 1.29 is 19.5 Å². The molecule has 1 aliphatic carbocycles. The van der Waals surface area contributed by atoms with E-state index in [1.54, 1.807) is 12.1 Å². The van der Waals surface area contributed by atoms with Crippen molar-refractivity contribution in [2.24, 2.45) is 0 Å². The summed E-state index contributed by atoms with van der Waals surface area (Å²) >= 11 is 0. The molecule has 1 aliphatic rings. The van der Waals surface area contributed by atoms with Gasteiger partial charge in [-0.05, 0) is 25.7 Å². The zero-order chi connectivity index (χ0) is 15.5. The summed E-state index contributed by atoms with van der Waals surface area (Å²) < 4.78 is 5.26. The van der Waals surface area contributed by atoms with Crippen LogP contribution in [0.1, 0.15) is 36.0 Å². The molecule has 0 radical (unpaired) electrons. The highest BCUT2D eigenvalue weighted by atomic mass is 16.5. The number of carbonyl (C=O) groups is 1. The molecule has 116 valence electrons. The van der Waals surface area contributed by atoms with Crippen molar-refractivity contribution in [1.29, 1.82) is 0 Å². The molecule has 3 N–H and O–H groups in total. The van der Waals surface area contributed by atoms with E-state index in [0.29, 0.717) is 12.0 Å². The summed E-state index contributed by atoms with van der Waals surface area (Å²) in [6.45, 7) is 0. The number of aliphatic hydroxyl groups excluding tert-OH is 1. The van der Waals surface area contributed by atoms with Gasteiger partial charge in [-0.25, -0.2) is 4.79 Å². The fourth-order valence-electron chi connectivity index (χ4n) is 2.86. The Balaban J connectivity index is 1.89. The molecule has 2 atom stereocenters. The lowest BCUT2D eigenvalue weighted by molar-refractivity contribution is 0.0698. The van der Waals surface area contributed by atoms with Crippen LogP contribution in [0.15, 0.2) is 34.9 Å². The zero-order valence-electron chi connectivity index (χ0n) is 12.0. The maximum Gasteiger partial charge on any atom is 0.343 e. The Bertz CT molecular complexity index is 653. The SMILES string of the molecule is O=C(O)c1c(N[C@@H]2CCC[C@@H](O)C2)noc1-c1ccccc1.